The predicted molar refractivity (Wildman–Crippen MR) is 144 cm³/mol. The lowest BCUT2D eigenvalue weighted by molar-refractivity contribution is -0.192. The Morgan fingerprint density at radius 3 is 2.28 bits per heavy atom. The molecule has 228 valence electrons. The van der Waals surface area contributed by atoms with Gasteiger partial charge in [-0.1, -0.05) is 42.5 Å². The fraction of sp³-hybridized carbons (Fsp3) is 0.192. The van der Waals surface area contributed by atoms with E-state index in [4.69, 9.17) is 9.90 Å². The SMILES string of the molecule is O=C(O)C(F)(F)F.O=C1CC(c2ccc(C[C@H](NS(=O)(=O)c3cccc(F)c3)c3nc4ccccc4[nH]3)cc2)S(=O)(=O)N1. The van der Waals surface area contributed by atoms with Crippen molar-refractivity contribution in [3.63, 3.8) is 0 Å². The summed E-state index contributed by atoms with van der Waals surface area (Å²) in [4.78, 5) is 27.9. The molecule has 11 nitrogen and oxygen atoms in total. The number of para-hydroxylation sites is 2. The molecule has 1 unspecified atom stereocenters. The van der Waals surface area contributed by atoms with Crippen molar-refractivity contribution in [3.05, 3.63) is 95.6 Å². The number of H-pyrrole nitrogens is 1. The Morgan fingerprint density at radius 2 is 1.72 bits per heavy atom. The number of hydrogen-bond acceptors (Lipinski definition) is 7. The normalized spacial score (nSPS) is 17.1. The predicted octanol–water partition coefficient (Wildman–Crippen LogP) is 3.49. The summed E-state index contributed by atoms with van der Waals surface area (Å²) >= 11 is 0. The highest BCUT2D eigenvalue weighted by molar-refractivity contribution is 7.90. The molecule has 4 aromatic rings. The minimum Gasteiger partial charge on any atom is -0.475 e. The molecule has 1 aromatic heterocycles. The van der Waals surface area contributed by atoms with Crippen molar-refractivity contribution in [1.29, 1.82) is 0 Å². The number of alkyl halides is 3. The molecule has 2 heterocycles. The third-order valence-corrected chi connectivity index (χ3v) is 9.35. The number of hydrogen-bond donors (Lipinski definition) is 4. The van der Waals surface area contributed by atoms with Crippen LogP contribution < -0.4 is 9.44 Å². The number of fused-ring (bicyclic) bond motifs is 1. The van der Waals surface area contributed by atoms with Crippen molar-refractivity contribution < 1.29 is 49.1 Å². The molecule has 43 heavy (non-hydrogen) atoms. The number of aliphatic carboxylic acids is 1. The van der Waals surface area contributed by atoms with Crippen molar-refractivity contribution in [2.75, 3.05) is 0 Å². The van der Waals surface area contributed by atoms with Crippen LogP contribution in [0.25, 0.3) is 11.0 Å². The fourth-order valence-electron chi connectivity index (χ4n) is 4.17. The number of rotatable bonds is 7. The Balaban J connectivity index is 0.000000541. The van der Waals surface area contributed by atoms with Crippen LogP contribution in [0.4, 0.5) is 17.6 Å². The van der Waals surface area contributed by atoms with Crippen molar-refractivity contribution in [3.8, 4) is 0 Å². The minimum absolute atomic E-state index is 0.156. The fourth-order valence-corrected chi connectivity index (χ4v) is 6.83. The van der Waals surface area contributed by atoms with Gasteiger partial charge in [0.05, 0.1) is 28.4 Å². The van der Waals surface area contributed by atoms with E-state index in [2.05, 4.69) is 14.7 Å². The van der Waals surface area contributed by atoms with Gasteiger partial charge in [-0.05, 0) is 47.9 Å². The zero-order valence-electron chi connectivity index (χ0n) is 21.7. The van der Waals surface area contributed by atoms with E-state index in [1.807, 2.05) is 22.9 Å². The Labute approximate surface area is 242 Å². The molecule has 17 heteroatoms. The van der Waals surface area contributed by atoms with E-state index in [1.165, 1.54) is 12.1 Å². The van der Waals surface area contributed by atoms with Crippen LogP contribution in [0.15, 0.2) is 77.7 Å². The Hall–Kier alpha value is -4.35. The summed E-state index contributed by atoms with van der Waals surface area (Å²) in [5.41, 5.74) is 2.53. The molecule has 0 aliphatic carbocycles. The van der Waals surface area contributed by atoms with Crippen molar-refractivity contribution in [1.82, 2.24) is 19.4 Å². The zero-order chi connectivity index (χ0) is 31.6. The molecule has 1 amide bonds. The van der Waals surface area contributed by atoms with Gasteiger partial charge in [0.2, 0.25) is 26.0 Å². The van der Waals surface area contributed by atoms with Gasteiger partial charge in [-0.3, -0.25) is 9.52 Å². The van der Waals surface area contributed by atoms with Crippen molar-refractivity contribution >= 4 is 43.0 Å². The van der Waals surface area contributed by atoms with Crippen LogP contribution in [-0.2, 0) is 36.1 Å². The second kappa shape index (κ2) is 12.1. The van der Waals surface area contributed by atoms with Crippen LogP contribution in [0.1, 0.15) is 34.7 Å². The third kappa shape index (κ3) is 7.74. The Morgan fingerprint density at radius 1 is 1.07 bits per heavy atom. The quantitative estimate of drug-likeness (QED) is 0.222. The second-order valence-electron chi connectivity index (χ2n) is 9.28. The lowest BCUT2D eigenvalue weighted by Crippen LogP contribution is -2.31. The van der Waals surface area contributed by atoms with Gasteiger partial charge < -0.3 is 10.1 Å². The molecular weight excluding hydrogens is 620 g/mol. The van der Waals surface area contributed by atoms with Crippen molar-refractivity contribution in [2.45, 2.75) is 35.2 Å². The van der Waals surface area contributed by atoms with Gasteiger partial charge in [0.1, 0.15) is 16.9 Å². The molecular formula is C26H22F4N4O7S2. The van der Waals surface area contributed by atoms with E-state index in [0.717, 1.165) is 17.6 Å². The molecule has 1 aliphatic heterocycles. The number of benzene rings is 3. The maximum absolute atomic E-state index is 13.7. The number of carboxylic acids is 1. The summed E-state index contributed by atoms with van der Waals surface area (Å²) in [5.74, 6) is -3.62. The highest BCUT2D eigenvalue weighted by Gasteiger charge is 2.38. The average Bonchev–Trinajstić information content (AvgIpc) is 3.47. The van der Waals surface area contributed by atoms with E-state index in [1.54, 1.807) is 30.3 Å². The maximum Gasteiger partial charge on any atom is 0.490 e. The smallest absolute Gasteiger partial charge is 0.475 e. The average molecular weight is 643 g/mol. The number of halogens is 4. The van der Waals surface area contributed by atoms with Gasteiger partial charge in [-0.15, -0.1) is 0 Å². The summed E-state index contributed by atoms with van der Waals surface area (Å²) < 4.78 is 101. The van der Waals surface area contributed by atoms with Gasteiger partial charge in [-0.25, -0.2) is 35.7 Å². The number of carbonyl (C=O) groups excluding carboxylic acids is 1. The number of carboxylic acid groups (broad SMARTS) is 1. The third-order valence-electron chi connectivity index (χ3n) is 6.18. The molecule has 1 aliphatic rings. The maximum atomic E-state index is 13.7. The topological polar surface area (TPSA) is 175 Å². The first kappa shape index (κ1) is 31.6. The summed E-state index contributed by atoms with van der Waals surface area (Å²) in [5, 5.41) is 6.15. The van der Waals surface area contributed by atoms with Crippen LogP contribution in [0.3, 0.4) is 0 Å². The van der Waals surface area contributed by atoms with E-state index < -0.39 is 55.2 Å². The first-order valence-corrected chi connectivity index (χ1v) is 15.2. The van der Waals surface area contributed by atoms with Crippen LogP contribution in [0.5, 0.6) is 0 Å². The molecule has 0 saturated carbocycles. The largest absolute Gasteiger partial charge is 0.490 e. The number of amides is 1. The lowest BCUT2D eigenvalue weighted by atomic mass is 10.0. The van der Waals surface area contributed by atoms with Crippen LogP contribution in [0, 0.1) is 5.82 Å². The molecule has 3 aromatic carbocycles. The summed E-state index contributed by atoms with van der Waals surface area (Å²) in [6, 6.07) is 17.7. The number of aromatic nitrogens is 2. The zero-order valence-corrected chi connectivity index (χ0v) is 23.3. The molecule has 4 N–H and O–H groups in total. The van der Waals surface area contributed by atoms with E-state index in [0.29, 0.717) is 22.5 Å². The molecule has 0 spiro atoms. The number of imidazole rings is 1. The van der Waals surface area contributed by atoms with Gasteiger partial charge in [0, 0.05) is 0 Å². The summed E-state index contributed by atoms with van der Waals surface area (Å²) in [6.45, 7) is 0. The molecule has 1 fully saturated rings. The van der Waals surface area contributed by atoms with Gasteiger partial charge in [0.25, 0.3) is 0 Å². The number of sulfonamides is 2. The molecule has 1 saturated heterocycles. The van der Waals surface area contributed by atoms with E-state index in [9.17, 15) is 39.2 Å². The monoisotopic (exact) mass is 642 g/mol. The molecule has 0 radical (unpaired) electrons. The number of nitrogens with one attached hydrogen (secondary N) is 3. The second-order valence-corrected chi connectivity index (χ2v) is 12.9. The lowest BCUT2D eigenvalue weighted by Gasteiger charge is -2.18. The number of aromatic amines is 1. The van der Waals surface area contributed by atoms with Gasteiger partial charge in [0.15, 0.2) is 0 Å². The van der Waals surface area contributed by atoms with E-state index in [-0.39, 0.29) is 17.7 Å². The minimum atomic E-state index is -5.08. The highest BCUT2D eigenvalue weighted by atomic mass is 32.2. The molecule has 0 bridgehead atoms. The molecule has 5 rings (SSSR count). The molecule has 2 atom stereocenters. The van der Waals surface area contributed by atoms with E-state index >= 15 is 0 Å². The van der Waals surface area contributed by atoms with Gasteiger partial charge in [-0.2, -0.15) is 13.2 Å². The van der Waals surface area contributed by atoms with Crippen LogP contribution >= 0.6 is 0 Å². The number of carbonyl (C=O) groups is 2. The Kier molecular flexibility index (Phi) is 8.89. The van der Waals surface area contributed by atoms with Crippen molar-refractivity contribution in [2.24, 2.45) is 0 Å². The highest BCUT2D eigenvalue weighted by Crippen LogP contribution is 2.31. The summed E-state index contributed by atoms with van der Waals surface area (Å²) in [7, 11) is -7.88. The van der Waals surface area contributed by atoms with Crippen LogP contribution in [0.2, 0.25) is 0 Å². The first-order chi connectivity index (χ1) is 20.0. The Bertz CT molecular complexity index is 1840. The standard InChI is InChI=1S/C24H21FN4O5S2.C2HF3O2/c25-17-4-3-5-18(13-17)35(31,32)28-21(24-26-19-6-1-2-7-20(19)27-24)12-15-8-10-16(11-9-15)22-14-23(30)29-36(22,33)34;3-2(4,5)1(6)7/h1-11,13,21-22,28H,12,14H2,(H,26,27)(H,29,30);(H,6,7)/t21-,22?;/m0./s1. The van der Waals surface area contributed by atoms with Gasteiger partial charge >= 0.3 is 12.1 Å². The number of nitrogens with zero attached hydrogens (tertiary/aromatic N) is 1. The summed E-state index contributed by atoms with van der Waals surface area (Å²) in [6.07, 6.45) is -5.07. The first-order valence-electron chi connectivity index (χ1n) is 12.2. The van der Waals surface area contributed by atoms with Crippen LogP contribution in [-0.4, -0.2) is 50.0 Å².